The van der Waals surface area contributed by atoms with Crippen LogP contribution in [0.5, 0.6) is 0 Å². The number of hydrogen-bond acceptors (Lipinski definition) is 4. The van der Waals surface area contributed by atoms with E-state index in [1.54, 1.807) is 18.7 Å². The zero-order chi connectivity index (χ0) is 15.3. The third kappa shape index (κ3) is 4.22. The molecule has 0 aliphatic rings. The highest BCUT2D eigenvalue weighted by atomic mass is 32.2. The Bertz CT molecular complexity index is 584. The number of aryl methyl sites for hydroxylation is 1. The molecule has 7 heteroatoms. The Morgan fingerprint density at radius 1 is 1.45 bits per heavy atom. The summed E-state index contributed by atoms with van der Waals surface area (Å²) < 4.78 is 27.3. The van der Waals surface area contributed by atoms with Crippen molar-refractivity contribution in [3.05, 3.63) is 29.3 Å². The summed E-state index contributed by atoms with van der Waals surface area (Å²) in [5.41, 5.74) is 0.496. The lowest BCUT2D eigenvalue weighted by Crippen LogP contribution is -2.36. The molecule has 0 amide bonds. The molecule has 2 N–H and O–H groups in total. The monoisotopic (exact) mass is 317 g/mol. The van der Waals surface area contributed by atoms with Gasteiger partial charge in [0.15, 0.2) is 0 Å². The number of hydrogen-bond donors (Lipinski definition) is 2. The average Bonchev–Trinajstić information content (AvgIpc) is 2.37. The van der Waals surface area contributed by atoms with Crippen LogP contribution in [-0.2, 0) is 10.0 Å². The molecule has 0 aliphatic heterocycles. The van der Waals surface area contributed by atoms with Gasteiger partial charge in [0.25, 0.3) is 0 Å². The predicted octanol–water partition coefficient (Wildman–Crippen LogP) is 2.11. The van der Waals surface area contributed by atoms with Crippen molar-refractivity contribution in [1.82, 2.24) is 4.72 Å². The molecule has 0 bridgehead atoms. The average molecular weight is 317 g/mol. The van der Waals surface area contributed by atoms with E-state index in [2.05, 4.69) is 4.72 Å². The highest BCUT2D eigenvalue weighted by Gasteiger charge is 2.22. The lowest BCUT2D eigenvalue weighted by atomic mass is 10.1. The number of thioether (sulfide) groups is 1. The van der Waals surface area contributed by atoms with E-state index in [1.165, 1.54) is 18.2 Å². The van der Waals surface area contributed by atoms with Crippen LogP contribution in [0.2, 0.25) is 0 Å². The first-order valence-electron chi connectivity index (χ1n) is 6.17. The van der Waals surface area contributed by atoms with E-state index in [-0.39, 0.29) is 16.5 Å². The van der Waals surface area contributed by atoms with Gasteiger partial charge in [0.05, 0.1) is 10.5 Å². The Morgan fingerprint density at radius 3 is 2.60 bits per heavy atom. The highest BCUT2D eigenvalue weighted by molar-refractivity contribution is 7.98. The number of carboxylic acids is 1. The first kappa shape index (κ1) is 17.0. The third-order valence-electron chi connectivity index (χ3n) is 2.91. The van der Waals surface area contributed by atoms with Crippen LogP contribution in [0.1, 0.15) is 29.3 Å². The standard InChI is InChI=1S/C13H19NO4S2/c1-4-11(8-19-3)14-20(17,18)12-7-10(13(15)16)6-5-9(12)2/h5-7,11,14H,4,8H2,1-3H3,(H,15,16). The van der Waals surface area contributed by atoms with Crippen molar-refractivity contribution < 1.29 is 18.3 Å². The van der Waals surface area contributed by atoms with Gasteiger partial charge in [-0.1, -0.05) is 13.0 Å². The molecule has 1 rings (SSSR count). The molecule has 0 aliphatic carbocycles. The van der Waals surface area contributed by atoms with E-state index in [4.69, 9.17) is 5.11 Å². The minimum atomic E-state index is -3.71. The summed E-state index contributed by atoms with van der Waals surface area (Å²) >= 11 is 1.56. The summed E-state index contributed by atoms with van der Waals surface area (Å²) in [6.45, 7) is 3.56. The van der Waals surface area contributed by atoms with E-state index in [1.807, 2.05) is 13.2 Å². The fourth-order valence-electron chi connectivity index (χ4n) is 1.74. The second-order valence-electron chi connectivity index (χ2n) is 4.47. The summed E-state index contributed by atoms with van der Waals surface area (Å²) in [5.74, 6) is -0.467. The normalized spacial score (nSPS) is 13.2. The molecule has 0 spiro atoms. The molecule has 1 unspecified atom stereocenters. The topological polar surface area (TPSA) is 83.5 Å². The molecule has 5 nitrogen and oxygen atoms in total. The Morgan fingerprint density at radius 2 is 2.10 bits per heavy atom. The molecule has 0 heterocycles. The van der Waals surface area contributed by atoms with Crippen LogP contribution in [0.3, 0.4) is 0 Å². The number of nitrogens with one attached hydrogen (secondary N) is 1. The van der Waals surface area contributed by atoms with Crippen LogP contribution in [0.25, 0.3) is 0 Å². The first-order valence-corrected chi connectivity index (χ1v) is 9.04. The Hall–Kier alpha value is -1.05. The van der Waals surface area contributed by atoms with Crippen LogP contribution in [0, 0.1) is 6.92 Å². The van der Waals surface area contributed by atoms with Gasteiger partial charge in [0, 0.05) is 11.8 Å². The van der Waals surface area contributed by atoms with Gasteiger partial charge in [0.1, 0.15) is 0 Å². The molecule has 0 saturated carbocycles. The van der Waals surface area contributed by atoms with Gasteiger partial charge in [-0.15, -0.1) is 0 Å². The van der Waals surface area contributed by atoms with Gasteiger partial charge in [-0.25, -0.2) is 17.9 Å². The Balaban J connectivity index is 3.14. The molecule has 20 heavy (non-hydrogen) atoms. The molecular weight excluding hydrogens is 298 g/mol. The molecule has 1 atom stereocenters. The SMILES string of the molecule is CCC(CSC)NS(=O)(=O)c1cc(C(=O)O)ccc1C. The van der Waals surface area contributed by atoms with Gasteiger partial charge < -0.3 is 5.11 Å². The maximum Gasteiger partial charge on any atom is 0.335 e. The van der Waals surface area contributed by atoms with E-state index < -0.39 is 16.0 Å². The maximum absolute atomic E-state index is 12.4. The van der Waals surface area contributed by atoms with Crippen molar-refractivity contribution in [3.8, 4) is 0 Å². The molecule has 1 aromatic carbocycles. The second kappa shape index (κ2) is 7.10. The van der Waals surface area contributed by atoms with Crippen LogP contribution in [0.4, 0.5) is 0 Å². The number of rotatable bonds is 7. The van der Waals surface area contributed by atoms with Gasteiger partial charge in [-0.3, -0.25) is 0 Å². The largest absolute Gasteiger partial charge is 0.478 e. The lowest BCUT2D eigenvalue weighted by Gasteiger charge is -2.17. The molecule has 0 fully saturated rings. The van der Waals surface area contributed by atoms with Gasteiger partial charge in [-0.2, -0.15) is 11.8 Å². The first-order chi connectivity index (χ1) is 9.31. The lowest BCUT2D eigenvalue weighted by molar-refractivity contribution is 0.0696. The van der Waals surface area contributed by atoms with Gasteiger partial charge in [-0.05, 0) is 37.3 Å². The van der Waals surface area contributed by atoms with Gasteiger partial charge >= 0.3 is 5.97 Å². The summed E-state index contributed by atoms with van der Waals surface area (Å²) in [7, 11) is -3.71. The summed E-state index contributed by atoms with van der Waals surface area (Å²) in [6, 6.07) is 3.94. The fraction of sp³-hybridized carbons (Fsp3) is 0.462. The van der Waals surface area contributed by atoms with Crippen molar-refractivity contribution in [1.29, 1.82) is 0 Å². The van der Waals surface area contributed by atoms with Crippen molar-refractivity contribution in [2.75, 3.05) is 12.0 Å². The van der Waals surface area contributed by atoms with E-state index in [0.29, 0.717) is 17.7 Å². The zero-order valence-electron chi connectivity index (χ0n) is 11.7. The van der Waals surface area contributed by atoms with E-state index >= 15 is 0 Å². The molecule has 0 saturated heterocycles. The molecule has 1 aromatic rings. The number of benzene rings is 1. The summed E-state index contributed by atoms with van der Waals surface area (Å²) in [5, 5.41) is 8.96. The quantitative estimate of drug-likeness (QED) is 0.805. The smallest absolute Gasteiger partial charge is 0.335 e. The highest BCUT2D eigenvalue weighted by Crippen LogP contribution is 2.18. The minimum Gasteiger partial charge on any atom is -0.478 e. The van der Waals surface area contributed by atoms with E-state index in [0.717, 1.165) is 0 Å². The van der Waals surface area contributed by atoms with Crippen LogP contribution >= 0.6 is 11.8 Å². The summed E-state index contributed by atoms with van der Waals surface area (Å²) in [6.07, 6.45) is 2.59. The number of sulfonamides is 1. The Kier molecular flexibility index (Phi) is 6.04. The fourth-order valence-corrected chi connectivity index (χ4v) is 4.16. The van der Waals surface area contributed by atoms with Crippen molar-refractivity contribution in [2.24, 2.45) is 0 Å². The van der Waals surface area contributed by atoms with Crippen LogP contribution < -0.4 is 4.72 Å². The predicted molar refractivity (Wildman–Crippen MR) is 80.9 cm³/mol. The third-order valence-corrected chi connectivity index (χ3v) is 5.31. The Labute approximate surface area is 123 Å². The molecule has 0 radical (unpaired) electrons. The number of aromatic carboxylic acids is 1. The molecule has 112 valence electrons. The zero-order valence-corrected chi connectivity index (χ0v) is 13.3. The van der Waals surface area contributed by atoms with Crippen molar-refractivity contribution in [3.63, 3.8) is 0 Å². The van der Waals surface area contributed by atoms with E-state index in [9.17, 15) is 13.2 Å². The van der Waals surface area contributed by atoms with Gasteiger partial charge in [0.2, 0.25) is 10.0 Å². The number of carboxylic acid groups (broad SMARTS) is 1. The molecular formula is C13H19NO4S2. The van der Waals surface area contributed by atoms with Crippen LogP contribution in [0.15, 0.2) is 23.1 Å². The van der Waals surface area contributed by atoms with Crippen molar-refractivity contribution >= 4 is 27.8 Å². The molecule has 0 aromatic heterocycles. The minimum absolute atomic E-state index is 0.0250. The maximum atomic E-state index is 12.4. The van der Waals surface area contributed by atoms with Crippen molar-refractivity contribution in [2.45, 2.75) is 31.2 Å². The second-order valence-corrected chi connectivity index (χ2v) is 7.06. The van der Waals surface area contributed by atoms with Crippen LogP contribution in [-0.4, -0.2) is 37.5 Å². The summed E-state index contributed by atoms with van der Waals surface area (Å²) in [4.78, 5) is 11.0. The number of carbonyl (C=O) groups is 1.